The fraction of sp³-hybridized carbons (Fsp3) is 0.263. The predicted molar refractivity (Wildman–Crippen MR) is 96.6 cm³/mol. The highest BCUT2D eigenvalue weighted by molar-refractivity contribution is 5.86. The first-order valence-corrected chi connectivity index (χ1v) is 7.94. The predicted octanol–water partition coefficient (Wildman–Crippen LogP) is 2.93. The molecular formula is C19H22N2O4. The average Bonchev–Trinajstić information content (AvgIpc) is 2.61. The van der Waals surface area contributed by atoms with Crippen molar-refractivity contribution in [1.29, 1.82) is 0 Å². The Kier molecular flexibility index (Phi) is 6.83. The van der Waals surface area contributed by atoms with Crippen LogP contribution >= 0.6 is 0 Å². The minimum absolute atomic E-state index is 0.114. The van der Waals surface area contributed by atoms with Gasteiger partial charge in [0, 0.05) is 5.56 Å². The van der Waals surface area contributed by atoms with Gasteiger partial charge in [-0.1, -0.05) is 12.1 Å². The van der Waals surface area contributed by atoms with Gasteiger partial charge in [-0.05, 0) is 49.7 Å². The molecule has 0 aliphatic rings. The number of methoxy groups -OCH3 is 1. The van der Waals surface area contributed by atoms with Crippen LogP contribution in [0.5, 0.6) is 17.2 Å². The first-order chi connectivity index (χ1) is 12.1. The van der Waals surface area contributed by atoms with Gasteiger partial charge >= 0.3 is 0 Å². The third-order valence-corrected chi connectivity index (χ3v) is 3.27. The molecule has 0 bridgehead atoms. The number of rotatable bonds is 8. The van der Waals surface area contributed by atoms with Crippen molar-refractivity contribution in [3.05, 3.63) is 53.6 Å². The molecule has 6 heteroatoms. The zero-order valence-corrected chi connectivity index (χ0v) is 14.6. The van der Waals surface area contributed by atoms with Crippen LogP contribution in [0, 0.1) is 6.92 Å². The minimum atomic E-state index is -0.349. The molecule has 132 valence electrons. The Bertz CT molecular complexity index is 744. The molecule has 0 saturated heterocycles. The van der Waals surface area contributed by atoms with E-state index in [1.807, 2.05) is 32.0 Å². The first kappa shape index (κ1) is 18.3. The zero-order chi connectivity index (χ0) is 18.1. The minimum Gasteiger partial charge on any atom is -0.497 e. The van der Waals surface area contributed by atoms with Crippen LogP contribution in [0.4, 0.5) is 0 Å². The summed E-state index contributed by atoms with van der Waals surface area (Å²) in [5.41, 5.74) is 4.21. The van der Waals surface area contributed by atoms with E-state index in [-0.39, 0.29) is 12.5 Å². The third kappa shape index (κ3) is 5.84. The monoisotopic (exact) mass is 342 g/mol. The Morgan fingerprint density at radius 1 is 1.16 bits per heavy atom. The van der Waals surface area contributed by atoms with E-state index in [1.54, 1.807) is 31.4 Å². The number of aryl methyl sites for hydroxylation is 1. The number of ether oxygens (including phenoxy) is 3. The standard InChI is InChI=1S/C19H22N2O4/c1-4-24-18-9-8-16(23-3)11-15(18)12-20-21-19(22)13-25-17-7-5-6-14(2)10-17/h5-12H,4,13H2,1-3H3,(H,21,22)/b20-12-. The van der Waals surface area contributed by atoms with Crippen molar-refractivity contribution in [1.82, 2.24) is 5.43 Å². The van der Waals surface area contributed by atoms with Crippen LogP contribution in [0.2, 0.25) is 0 Å². The number of benzene rings is 2. The number of carbonyl (C=O) groups is 1. The molecule has 0 fully saturated rings. The fourth-order valence-corrected chi connectivity index (χ4v) is 2.10. The molecule has 0 radical (unpaired) electrons. The topological polar surface area (TPSA) is 69.2 Å². The molecule has 0 aliphatic carbocycles. The van der Waals surface area contributed by atoms with Crippen LogP contribution < -0.4 is 19.6 Å². The lowest BCUT2D eigenvalue weighted by Gasteiger charge is -2.09. The fourth-order valence-electron chi connectivity index (χ4n) is 2.10. The number of hydrogen-bond acceptors (Lipinski definition) is 5. The molecule has 2 aromatic carbocycles. The summed E-state index contributed by atoms with van der Waals surface area (Å²) in [5, 5.41) is 3.95. The van der Waals surface area contributed by atoms with Gasteiger partial charge in [0.05, 0.1) is 19.9 Å². The second-order valence-electron chi connectivity index (χ2n) is 5.24. The highest BCUT2D eigenvalue weighted by atomic mass is 16.5. The van der Waals surface area contributed by atoms with E-state index >= 15 is 0 Å². The Labute approximate surface area is 147 Å². The summed E-state index contributed by atoms with van der Waals surface area (Å²) >= 11 is 0. The molecule has 2 rings (SSSR count). The molecule has 0 unspecified atom stereocenters. The zero-order valence-electron chi connectivity index (χ0n) is 14.6. The number of carbonyl (C=O) groups excluding carboxylic acids is 1. The molecule has 0 aliphatic heterocycles. The summed E-state index contributed by atoms with van der Waals surface area (Å²) in [6.07, 6.45) is 1.51. The van der Waals surface area contributed by atoms with Gasteiger partial charge in [-0.15, -0.1) is 0 Å². The highest BCUT2D eigenvalue weighted by Gasteiger charge is 2.05. The quantitative estimate of drug-likeness (QED) is 0.591. The van der Waals surface area contributed by atoms with E-state index in [9.17, 15) is 4.79 Å². The maximum Gasteiger partial charge on any atom is 0.277 e. The van der Waals surface area contributed by atoms with Gasteiger partial charge in [-0.2, -0.15) is 5.10 Å². The second kappa shape index (κ2) is 9.32. The smallest absolute Gasteiger partial charge is 0.277 e. The van der Waals surface area contributed by atoms with Crippen LogP contribution in [0.1, 0.15) is 18.1 Å². The van der Waals surface area contributed by atoms with E-state index in [2.05, 4.69) is 10.5 Å². The summed E-state index contributed by atoms with van der Waals surface area (Å²) in [6, 6.07) is 12.9. The largest absolute Gasteiger partial charge is 0.497 e. The molecule has 25 heavy (non-hydrogen) atoms. The van der Waals surface area contributed by atoms with E-state index < -0.39 is 0 Å². The number of nitrogens with zero attached hydrogens (tertiary/aromatic N) is 1. The van der Waals surface area contributed by atoms with Crippen molar-refractivity contribution in [2.24, 2.45) is 5.10 Å². The lowest BCUT2D eigenvalue weighted by atomic mass is 10.2. The van der Waals surface area contributed by atoms with Crippen molar-refractivity contribution >= 4 is 12.1 Å². The molecular weight excluding hydrogens is 320 g/mol. The van der Waals surface area contributed by atoms with Crippen LogP contribution in [0.25, 0.3) is 0 Å². The van der Waals surface area contributed by atoms with Gasteiger partial charge < -0.3 is 14.2 Å². The van der Waals surface area contributed by atoms with E-state index in [1.165, 1.54) is 6.21 Å². The van der Waals surface area contributed by atoms with Crippen LogP contribution in [0.3, 0.4) is 0 Å². The summed E-state index contributed by atoms with van der Waals surface area (Å²) in [7, 11) is 1.58. The molecule has 6 nitrogen and oxygen atoms in total. The molecule has 2 aromatic rings. The van der Waals surface area contributed by atoms with Crippen molar-refractivity contribution in [3.63, 3.8) is 0 Å². The molecule has 1 amide bonds. The molecule has 0 saturated carbocycles. The first-order valence-electron chi connectivity index (χ1n) is 7.94. The molecule has 0 aromatic heterocycles. The average molecular weight is 342 g/mol. The summed E-state index contributed by atoms with van der Waals surface area (Å²) < 4.78 is 16.1. The Balaban J connectivity index is 1.92. The summed E-state index contributed by atoms with van der Waals surface area (Å²) in [6.45, 7) is 4.28. The molecule has 1 N–H and O–H groups in total. The normalized spacial score (nSPS) is 10.5. The highest BCUT2D eigenvalue weighted by Crippen LogP contribution is 2.22. The van der Waals surface area contributed by atoms with Crippen molar-refractivity contribution < 1.29 is 19.0 Å². The van der Waals surface area contributed by atoms with Crippen molar-refractivity contribution in [2.45, 2.75) is 13.8 Å². The van der Waals surface area contributed by atoms with E-state index in [4.69, 9.17) is 14.2 Å². The van der Waals surface area contributed by atoms with E-state index in [0.29, 0.717) is 29.4 Å². The van der Waals surface area contributed by atoms with Crippen LogP contribution in [-0.4, -0.2) is 32.4 Å². The molecule has 0 heterocycles. The van der Waals surface area contributed by atoms with Crippen LogP contribution in [-0.2, 0) is 4.79 Å². The Morgan fingerprint density at radius 2 is 2.00 bits per heavy atom. The number of nitrogens with one attached hydrogen (secondary N) is 1. The third-order valence-electron chi connectivity index (χ3n) is 3.27. The van der Waals surface area contributed by atoms with Gasteiger partial charge in [-0.25, -0.2) is 5.43 Å². The van der Waals surface area contributed by atoms with Crippen molar-refractivity contribution in [3.8, 4) is 17.2 Å². The molecule has 0 atom stereocenters. The van der Waals surface area contributed by atoms with Gasteiger partial charge in [0.1, 0.15) is 17.2 Å². The van der Waals surface area contributed by atoms with Gasteiger partial charge in [0.25, 0.3) is 5.91 Å². The van der Waals surface area contributed by atoms with E-state index in [0.717, 1.165) is 5.56 Å². The lowest BCUT2D eigenvalue weighted by molar-refractivity contribution is -0.123. The second-order valence-corrected chi connectivity index (χ2v) is 5.24. The number of amides is 1. The maximum atomic E-state index is 11.8. The Hall–Kier alpha value is -3.02. The lowest BCUT2D eigenvalue weighted by Crippen LogP contribution is -2.24. The maximum absolute atomic E-state index is 11.8. The summed E-state index contributed by atoms with van der Waals surface area (Å²) in [4.78, 5) is 11.8. The number of hydrazone groups is 1. The van der Waals surface area contributed by atoms with Crippen molar-refractivity contribution in [2.75, 3.05) is 20.3 Å². The molecule has 0 spiro atoms. The van der Waals surface area contributed by atoms with Crippen LogP contribution in [0.15, 0.2) is 47.6 Å². The van der Waals surface area contributed by atoms with Gasteiger partial charge in [0.2, 0.25) is 0 Å². The SMILES string of the molecule is CCOc1ccc(OC)cc1/C=N\NC(=O)COc1cccc(C)c1. The Morgan fingerprint density at radius 3 is 2.72 bits per heavy atom. The number of hydrogen-bond donors (Lipinski definition) is 1. The van der Waals surface area contributed by atoms with Gasteiger partial charge in [0.15, 0.2) is 6.61 Å². The summed E-state index contributed by atoms with van der Waals surface area (Å²) in [5.74, 6) is 1.64. The van der Waals surface area contributed by atoms with Gasteiger partial charge in [-0.3, -0.25) is 4.79 Å².